The standard InChI is InChI=1S/C31H63BO3Si2/c1-10-36(11-2,12-3)34-29(23-25-32-26-18-16-19-27(32)21-17-20-26)31(9)24-22-28(33-31)30(7,8)35-37(13-4,14-5)15-6/h26-29H,10-25H2,1-9H3/t26?,27?,28-,29?,31-/m0/s1. The van der Waals surface area contributed by atoms with E-state index in [4.69, 9.17) is 13.6 Å². The molecule has 6 heteroatoms. The maximum atomic E-state index is 7.39. The van der Waals surface area contributed by atoms with Crippen LogP contribution in [-0.2, 0) is 13.6 Å². The van der Waals surface area contributed by atoms with Gasteiger partial charge in [0.2, 0.25) is 0 Å². The van der Waals surface area contributed by atoms with Gasteiger partial charge < -0.3 is 13.6 Å². The molecule has 0 aromatic heterocycles. The lowest BCUT2D eigenvalue weighted by Gasteiger charge is -2.45. The highest BCUT2D eigenvalue weighted by molar-refractivity contribution is 6.74. The van der Waals surface area contributed by atoms with Crippen LogP contribution < -0.4 is 0 Å². The summed E-state index contributed by atoms with van der Waals surface area (Å²) >= 11 is 0. The van der Waals surface area contributed by atoms with Crippen LogP contribution in [0, 0.1) is 0 Å². The molecular weight excluding hydrogens is 487 g/mol. The largest absolute Gasteiger partial charge is 0.411 e. The summed E-state index contributed by atoms with van der Waals surface area (Å²) in [5, 5.41) is 0. The second kappa shape index (κ2) is 13.4. The Bertz CT molecular complexity index is 657. The molecule has 0 saturated carbocycles. The minimum atomic E-state index is -1.74. The van der Waals surface area contributed by atoms with Gasteiger partial charge in [0.15, 0.2) is 16.6 Å². The van der Waals surface area contributed by atoms with Gasteiger partial charge in [-0.3, -0.25) is 0 Å². The average molecular weight is 551 g/mol. The first kappa shape index (κ1) is 31.9. The van der Waals surface area contributed by atoms with Crippen LogP contribution in [0.1, 0.15) is 120 Å². The van der Waals surface area contributed by atoms with Gasteiger partial charge in [0.05, 0.1) is 23.4 Å². The fraction of sp³-hybridized carbons (Fsp3) is 1.00. The van der Waals surface area contributed by atoms with Crippen molar-refractivity contribution in [3.8, 4) is 0 Å². The average Bonchev–Trinajstić information content (AvgIpc) is 3.32. The van der Waals surface area contributed by atoms with Gasteiger partial charge in [-0.2, -0.15) is 0 Å². The minimum Gasteiger partial charge on any atom is -0.411 e. The molecule has 2 bridgehead atoms. The van der Waals surface area contributed by atoms with Crippen LogP contribution in [0.4, 0.5) is 0 Å². The number of ether oxygens (including phenoxy) is 1. The number of fused-ring (bicyclic) bond motifs is 2. The molecule has 0 amide bonds. The van der Waals surface area contributed by atoms with E-state index in [0.29, 0.717) is 0 Å². The van der Waals surface area contributed by atoms with Gasteiger partial charge in [0.25, 0.3) is 0 Å². The topological polar surface area (TPSA) is 27.7 Å². The van der Waals surface area contributed by atoms with Crippen molar-refractivity contribution < 1.29 is 13.6 Å². The number of hydrogen-bond donors (Lipinski definition) is 0. The monoisotopic (exact) mass is 550 g/mol. The van der Waals surface area contributed by atoms with Crippen molar-refractivity contribution in [3.63, 3.8) is 0 Å². The van der Waals surface area contributed by atoms with E-state index < -0.39 is 16.6 Å². The third-order valence-corrected chi connectivity index (χ3v) is 21.3. The van der Waals surface area contributed by atoms with Gasteiger partial charge in [-0.15, -0.1) is 0 Å². The Morgan fingerprint density at radius 1 is 0.811 bits per heavy atom. The molecule has 216 valence electrons. The van der Waals surface area contributed by atoms with Crippen LogP contribution in [0.5, 0.6) is 0 Å². The molecule has 0 aromatic carbocycles. The highest BCUT2D eigenvalue weighted by Gasteiger charge is 2.52. The van der Waals surface area contributed by atoms with E-state index >= 15 is 0 Å². The summed E-state index contributed by atoms with van der Waals surface area (Å²) in [7, 11) is -3.44. The SMILES string of the molecule is CC[Si](CC)(CC)OC(CCB1C2CCCC1CCC2)[C@]1(C)CC[C@@H](C(C)(C)O[Si](CC)(CC)CC)O1. The van der Waals surface area contributed by atoms with Crippen LogP contribution in [0.15, 0.2) is 0 Å². The van der Waals surface area contributed by atoms with Crippen LogP contribution in [0.25, 0.3) is 0 Å². The van der Waals surface area contributed by atoms with Crippen LogP contribution in [-0.4, -0.2) is 46.8 Å². The zero-order chi connectivity index (χ0) is 27.3. The first-order valence-electron chi connectivity index (χ1n) is 16.6. The van der Waals surface area contributed by atoms with Crippen molar-refractivity contribution in [2.75, 3.05) is 0 Å². The van der Waals surface area contributed by atoms with Crippen molar-refractivity contribution in [3.05, 3.63) is 0 Å². The smallest absolute Gasteiger partial charge is 0.192 e. The molecule has 0 aliphatic carbocycles. The van der Waals surface area contributed by atoms with E-state index in [1.807, 2.05) is 0 Å². The Kier molecular flexibility index (Phi) is 11.5. The Hall–Kier alpha value is 0.379. The Balaban J connectivity index is 1.79. The van der Waals surface area contributed by atoms with Gasteiger partial charge >= 0.3 is 0 Å². The molecule has 3 aliphatic heterocycles. The summed E-state index contributed by atoms with van der Waals surface area (Å²) in [5.74, 6) is 1.96. The molecule has 0 radical (unpaired) electrons. The van der Waals surface area contributed by atoms with E-state index in [1.54, 1.807) is 0 Å². The fourth-order valence-corrected chi connectivity index (χ4v) is 14.7. The first-order chi connectivity index (χ1) is 17.5. The van der Waals surface area contributed by atoms with Gasteiger partial charge in [0.1, 0.15) is 6.71 Å². The molecular formula is C31H63BO3Si2. The second-order valence-electron chi connectivity index (χ2n) is 13.9. The molecule has 3 atom stereocenters. The summed E-state index contributed by atoms with van der Waals surface area (Å²) in [5.41, 5.74) is -0.423. The van der Waals surface area contributed by atoms with Gasteiger partial charge in [-0.1, -0.05) is 98.0 Å². The van der Waals surface area contributed by atoms with E-state index in [9.17, 15) is 0 Å². The number of rotatable bonds is 15. The molecule has 0 spiro atoms. The molecule has 3 saturated heterocycles. The normalized spacial score (nSPS) is 30.1. The zero-order valence-electron chi connectivity index (χ0n) is 26.4. The predicted molar refractivity (Wildman–Crippen MR) is 167 cm³/mol. The predicted octanol–water partition coefficient (Wildman–Crippen LogP) is 10.1. The van der Waals surface area contributed by atoms with E-state index in [-0.39, 0.29) is 23.4 Å². The molecule has 3 rings (SSSR count). The van der Waals surface area contributed by atoms with E-state index in [1.165, 1.54) is 87.5 Å². The second-order valence-corrected chi connectivity index (χ2v) is 23.3. The number of hydrogen-bond acceptors (Lipinski definition) is 3. The lowest BCUT2D eigenvalue weighted by molar-refractivity contribution is -0.145. The van der Waals surface area contributed by atoms with Crippen molar-refractivity contribution in [1.82, 2.24) is 0 Å². The molecule has 3 heterocycles. The molecule has 3 aliphatic rings. The molecule has 0 N–H and O–H groups in total. The van der Waals surface area contributed by atoms with Crippen LogP contribution in [0.2, 0.25) is 54.2 Å². The fourth-order valence-electron chi connectivity index (χ4n) is 8.60. The minimum absolute atomic E-state index is 0.162. The Morgan fingerprint density at radius 3 is 1.76 bits per heavy atom. The van der Waals surface area contributed by atoms with Gasteiger partial charge in [0, 0.05) is 0 Å². The highest BCUT2D eigenvalue weighted by atomic mass is 28.4. The van der Waals surface area contributed by atoms with Gasteiger partial charge in [-0.25, -0.2) is 0 Å². The van der Waals surface area contributed by atoms with E-state index in [2.05, 4.69) is 62.3 Å². The maximum absolute atomic E-state index is 7.39. The Morgan fingerprint density at radius 2 is 1.30 bits per heavy atom. The molecule has 0 aromatic rings. The summed E-state index contributed by atoms with van der Waals surface area (Å²) in [6.07, 6.45) is 14.0. The Labute approximate surface area is 234 Å². The highest BCUT2D eigenvalue weighted by Crippen LogP contribution is 2.50. The van der Waals surface area contributed by atoms with Crippen molar-refractivity contribution in [1.29, 1.82) is 0 Å². The van der Waals surface area contributed by atoms with E-state index in [0.717, 1.165) is 31.2 Å². The van der Waals surface area contributed by atoms with Crippen LogP contribution in [0.3, 0.4) is 0 Å². The molecule has 3 fully saturated rings. The molecule has 1 unspecified atom stereocenters. The van der Waals surface area contributed by atoms with Crippen molar-refractivity contribution in [2.45, 2.75) is 198 Å². The quantitative estimate of drug-likeness (QED) is 0.190. The third kappa shape index (κ3) is 7.18. The van der Waals surface area contributed by atoms with Crippen molar-refractivity contribution in [2.24, 2.45) is 0 Å². The molecule has 37 heavy (non-hydrogen) atoms. The first-order valence-corrected chi connectivity index (χ1v) is 21.7. The zero-order valence-corrected chi connectivity index (χ0v) is 28.4. The maximum Gasteiger partial charge on any atom is 0.192 e. The lowest BCUT2D eigenvalue weighted by atomic mass is 9.25. The summed E-state index contributed by atoms with van der Waals surface area (Å²) < 4.78 is 21.6. The van der Waals surface area contributed by atoms with Crippen molar-refractivity contribution >= 4 is 23.3 Å². The van der Waals surface area contributed by atoms with Crippen LogP contribution >= 0.6 is 0 Å². The molecule has 3 nitrogen and oxygen atoms in total. The van der Waals surface area contributed by atoms with Gasteiger partial charge in [-0.05, 0) is 76.3 Å². The summed E-state index contributed by atoms with van der Waals surface area (Å²) in [6.45, 7) is 22.1. The third-order valence-electron chi connectivity index (χ3n) is 11.8. The summed E-state index contributed by atoms with van der Waals surface area (Å²) in [6, 6.07) is 7.24. The lowest BCUT2D eigenvalue weighted by Crippen LogP contribution is -2.53. The summed E-state index contributed by atoms with van der Waals surface area (Å²) in [4.78, 5) is 0.